The van der Waals surface area contributed by atoms with E-state index in [9.17, 15) is 0 Å². The van der Waals surface area contributed by atoms with E-state index < -0.39 is 0 Å². The van der Waals surface area contributed by atoms with E-state index in [1.807, 2.05) is 13.0 Å². The molecule has 19 heavy (non-hydrogen) atoms. The first-order valence-corrected chi connectivity index (χ1v) is 7.68. The quantitative estimate of drug-likeness (QED) is 0.745. The molecule has 0 aromatic heterocycles. The van der Waals surface area contributed by atoms with Gasteiger partial charge in [0.2, 0.25) is 0 Å². The third-order valence-electron chi connectivity index (χ3n) is 3.33. The molecule has 1 aromatic rings. The summed E-state index contributed by atoms with van der Waals surface area (Å²) in [5.74, 6) is 0. The molecule has 108 valence electrons. The monoisotopic (exact) mass is 328 g/mol. The topological polar surface area (TPSA) is 38.5 Å². The fourth-order valence-corrected chi connectivity index (χ4v) is 2.65. The predicted molar refractivity (Wildman–Crippen MR) is 84.3 cm³/mol. The van der Waals surface area contributed by atoms with Gasteiger partial charge in [0.15, 0.2) is 0 Å². The van der Waals surface area contributed by atoms with Crippen molar-refractivity contribution in [1.29, 1.82) is 0 Å². The standard InChI is InChI=1S/C15H25BrN2O/c1-4-14(17)15(18(3)9-10-19-5-2)12-7-6-8-13(16)11-12/h6-8,11,14-15H,4-5,9-10,17H2,1-3H3. The van der Waals surface area contributed by atoms with Gasteiger partial charge in [-0.1, -0.05) is 35.0 Å². The highest BCUT2D eigenvalue weighted by Crippen LogP contribution is 2.26. The third kappa shape index (κ3) is 5.22. The first kappa shape index (κ1) is 16.6. The maximum Gasteiger partial charge on any atom is 0.0593 e. The normalized spacial score (nSPS) is 14.6. The number of rotatable bonds is 8. The average Bonchev–Trinajstić information content (AvgIpc) is 2.39. The fourth-order valence-electron chi connectivity index (χ4n) is 2.23. The maximum absolute atomic E-state index is 6.31. The van der Waals surface area contributed by atoms with Gasteiger partial charge < -0.3 is 10.5 Å². The predicted octanol–water partition coefficient (Wildman–Crippen LogP) is 3.20. The Kier molecular flexibility index (Phi) is 7.61. The molecule has 0 amide bonds. The Morgan fingerprint density at radius 3 is 2.68 bits per heavy atom. The summed E-state index contributed by atoms with van der Waals surface area (Å²) in [5, 5.41) is 0. The molecule has 0 fully saturated rings. The van der Waals surface area contributed by atoms with Crippen molar-refractivity contribution < 1.29 is 4.74 Å². The van der Waals surface area contributed by atoms with Crippen molar-refractivity contribution in [2.45, 2.75) is 32.4 Å². The van der Waals surface area contributed by atoms with Crippen molar-refractivity contribution in [3.05, 3.63) is 34.3 Å². The minimum Gasteiger partial charge on any atom is -0.380 e. The van der Waals surface area contributed by atoms with Gasteiger partial charge in [-0.15, -0.1) is 0 Å². The molecule has 3 nitrogen and oxygen atoms in total. The first-order valence-electron chi connectivity index (χ1n) is 6.89. The molecule has 2 unspecified atom stereocenters. The number of nitrogens with zero attached hydrogens (tertiary/aromatic N) is 1. The summed E-state index contributed by atoms with van der Waals surface area (Å²) in [6, 6.07) is 8.74. The number of hydrogen-bond donors (Lipinski definition) is 1. The summed E-state index contributed by atoms with van der Waals surface area (Å²) in [6.07, 6.45) is 0.955. The van der Waals surface area contributed by atoms with E-state index >= 15 is 0 Å². The number of likely N-dealkylation sites (N-methyl/N-ethyl adjacent to an activating group) is 1. The van der Waals surface area contributed by atoms with Gasteiger partial charge in [0.25, 0.3) is 0 Å². The molecule has 0 saturated heterocycles. The highest BCUT2D eigenvalue weighted by molar-refractivity contribution is 9.10. The van der Waals surface area contributed by atoms with E-state index in [-0.39, 0.29) is 12.1 Å². The summed E-state index contributed by atoms with van der Waals surface area (Å²) < 4.78 is 6.53. The zero-order valence-electron chi connectivity index (χ0n) is 12.1. The second-order valence-electron chi connectivity index (χ2n) is 4.75. The van der Waals surface area contributed by atoms with Crippen LogP contribution in [0, 0.1) is 0 Å². The van der Waals surface area contributed by atoms with Crippen LogP contribution in [0.1, 0.15) is 31.9 Å². The van der Waals surface area contributed by atoms with Gasteiger partial charge in [0.05, 0.1) is 6.61 Å². The maximum atomic E-state index is 6.31. The van der Waals surface area contributed by atoms with Gasteiger partial charge in [0.1, 0.15) is 0 Å². The Bertz CT molecular complexity index is 373. The van der Waals surface area contributed by atoms with E-state index in [0.29, 0.717) is 0 Å². The van der Waals surface area contributed by atoms with E-state index in [1.165, 1.54) is 5.56 Å². The Labute approximate surface area is 125 Å². The molecule has 1 rings (SSSR count). The van der Waals surface area contributed by atoms with Gasteiger partial charge in [-0.25, -0.2) is 0 Å². The number of halogens is 1. The van der Waals surface area contributed by atoms with Gasteiger partial charge in [-0.3, -0.25) is 4.90 Å². The Balaban J connectivity index is 2.82. The molecule has 0 spiro atoms. The van der Waals surface area contributed by atoms with E-state index in [0.717, 1.165) is 30.7 Å². The zero-order valence-corrected chi connectivity index (χ0v) is 13.7. The van der Waals surface area contributed by atoms with Crippen LogP contribution in [0.15, 0.2) is 28.7 Å². The highest BCUT2D eigenvalue weighted by atomic mass is 79.9. The first-order chi connectivity index (χ1) is 9.10. The van der Waals surface area contributed by atoms with Crippen LogP contribution in [0.2, 0.25) is 0 Å². The lowest BCUT2D eigenvalue weighted by molar-refractivity contribution is 0.100. The summed E-state index contributed by atoms with van der Waals surface area (Å²) in [7, 11) is 2.11. The molecular weight excluding hydrogens is 304 g/mol. The minimum atomic E-state index is 0.126. The lowest BCUT2D eigenvalue weighted by Gasteiger charge is -2.32. The summed E-state index contributed by atoms with van der Waals surface area (Å²) in [6.45, 7) is 6.54. The van der Waals surface area contributed by atoms with Crippen molar-refractivity contribution in [3.8, 4) is 0 Å². The van der Waals surface area contributed by atoms with Gasteiger partial charge in [-0.2, -0.15) is 0 Å². The van der Waals surface area contributed by atoms with Crippen molar-refractivity contribution in [2.24, 2.45) is 5.73 Å². The minimum absolute atomic E-state index is 0.126. The van der Waals surface area contributed by atoms with Crippen molar-refractivity contribution in [1.82, 2.24) is 4.90 Å². The Hall–Kier alpha value is -0.420. The molecule has 0 aliphatic carbocycles. The van der Waals surface area contributed by atoms with Crippen LogP contribution in [0.3, 0.4) is 0 Å². The lowest BCUT2D eigenvalue weighted by atomic mass is 9.97. The smallest absolute Gasteiger partial charge is 0.0593 e. The van der Waals surface area contributed by atoms with Crippen LogP contribution in [-0.4, -0.2) is 37.7 Å². The Morgan fingerprint density at radius 1 is 1.37 bits per heavy atom. The highest BCUT2D eigenvalue weighted by Gasteiger charge is 2.22. The van der Waals surface area contributed by atoms with Crippen molar-refractivity contribution >= 4 is 15.9 Å². The van der Waals surface area contributed by atoms with Crippen molar-refractivity contribution in [2.75, 3.05) is 26.8 Å². The largest absolute Gasteiger partial charge is 0.380 e. The van der Waals surface area contributed by atoms with Gasteiger partial charge >= 0.3 is 0 Å². The second-order valence-corrected chi connectivity index (χ2v) is 5.67. The zero-order chi connectivity index (χ0) is 14.3. The molecule has 0 saturated carbocycles. The van der Waals surface area contributed by atoms with Crippen LogP contribution in [-0.2, 0) is 4.74 Å². The molecule has 0 aliphatic rings. The molecule has 0 bridgehead atoms. The molecule has 2 atom stereocenters. The van der Waals surface area contributed by atoms with Crippen molar-refractivity contribution in [3.63, 3.8) is 0 Å². The lowest BCUT2D eigenvalue weighted by Crippen LogP contribution is -2.40. The van der Waals surface area contributed by atoms with Gasteiger partial charge in [0, 0.05) is 29.7 Å². The number of ether oxygens (including phenoxy) is 1. The summed E-state index contributed by atoms with van der Waals surface area (Å²) in [5.41, 5.74) is 7.56. The molecule has 2 N–H and O–H groups in total. The average molecular weight is 329 g/mol. The molecule has 0 radical (unpaired) electrons. The molecule has 0 aliphatic heterocycles. The van der Waals surface area contributed by atoms with E-state index in [1.54, 1.807) is 0 Å². The number of hydrogen-bond acceptors (Lipinski definition) is 3. The fraction of sp³-hybridized carbons (Fsp3) is 0.600. The van der Waals surface area contributed by atoms with Gasteiger partial charge in [-0.05, 0) is 38.1 Å². The molecule has 4 heteroatoms. The molecule has 1 aromatic carbocycles. The van der Waals surface area contributed by atoms with E-state index in [4.69, 9.17) is 10.5 Å². The summed E-state index contributed by atoms with van der Waals surface area (Å²) in [4.78, 5) is 2.28. The Morgan fingerprint density at radius 2 is 2.11 bits per heavy atom. The van der Waals surface area contributed by atoms with E-state index in [2.05, 4.69) is 53.0 Å². The van der Waals surface area contributed by atoms with Crippen LogP contribution in [0.4, 0.5) is 0 Å². The number of nitrogens with two attached hydrogens (primary N) is 1. The summed E-state index contributed by atoms with van der Waals surface area (Å²) >= 11 is 3.53. The third-order valence-corrected chi connectivity index (χ3v) is 3.83. The number of benzene rings is 1. The van der Waals surface area contributed by atoms with Crippen LogP contribution in [0.5, 0.6) is 0 Å². The molecular formula is C15H25BrN2O. The van der Waals surface area contributed by atoms with Crippen LogP contribution < -0.4 is 5.73 Å². The van der Waals surface area contributed by atoms with Crippen LogP contribution in [0.25, 0.3) is 0 Å². The second kappa shape index (κ2) is 8.69. The molecule has 0 heterocycles. The van der Waals surface area contributed by atoms with Crippen LogP contribution >= 0.6 is 15.9 Å². The SMILES string of the molecule is CCOCCN(C)C(c1cccc(Br)c1)C(N)CC.